The van der Waals surface area contributed by atoms with Crippen LogP contribution in [0.15, 0.2) is 24.3 Å². The van der Waals surface area contributed by atoms with Crippen molar-refractivity contribution in [3.63, 3.8) is 0 Å². The van der Waals surface area contributed by atoms with Gasteiger partial charge in [0.25, 0.3) is 0 Å². The van der Waals surface area contributed by atoms with E-state index < -0.39 is 0 Å². The van der Waals surface area contributed by atoms with E-state index in [0.29, 0.717) is 12.1 Å². The molecule has 3 nitrogen and oxygen atoms in total. The molecule has 0 aliphatic heterocycles. The Balaban J connectivity index is 2.61. The number of nitrogens with one attached hydrogen (secondary N) is 1. The van der Waals surface area contributed by atoms with E-state index in [0.717, 1.165) is 18.5 Å². The Labute approximate surface area is 103 Å². The topological polar surface area (TPSA) is 55.1 Å². The smallest absolute Gasteiger partial charge is 0.249 e. The minimum Gasteiger partial charge on any atom is -0.366 e. The number of rotatable bonds is 6. The SMILES string of the molecule is CCC(C)(C)CNCc1ccccc1C(N)=O. The molecule has 0 aliphatic carbocycles. The summed E-state index contributed by atoms with van der Waals surface area (Å²) in [5.41, 5.74) is 7.18. The molecule has 0 unspecified atom stereocenters. The second-order valence-corrected chi connectivity index (χ2v) is 5.14. The van der Waals surface area contributed by atoms with Crippen LogP contribution in [0.5, 0.6) is 0 Å². The molecule has 0 bridgehead atoms. The van der Waals surface area contributed by atoms with Gasteiger partial charge in [-0.25, -0.2) is 0 Å². The zero-order valence-electron chi connectivity index (χ0n) is 10.9. The summed E-state index contributed by atoms with van der Waals surface area (Å²) in [6, 6.07) is 7.46. The molecule has 0 saturated heterocycles. The lowest BCUT2D eigenvalue weighted by molar-refractivity contribution is 0.0999. The van der Waals surface area contributed by atoms with Gasteiger partial charge < -0.3 is 11.1 Å². The van der Waals surface area contributed by atoms with Gasteiger partial charge in [-0.2, -0.15) is 0 Å². The van der Waals surface area contributed by atoms with Crippen LogP contribution in [0.1, 0.15) is 43.1 Å². The molecule has 0 atom stereocenters. The van der Waals surface area contributed by atoms with Crippen LogP contribution in [0.2, 0.25) is 0 Å². The van der Waals surface area contributed by atoms with E-state index in [2.05, 4.69) is 26.1 Å². The molecule has 17 heavy (non-hydrogen) atoms. The van der Waals surface area contributed by atoms with Crippen LogP contribution in [0.25, 0.3) is 0 Å². The van der Waals surface area contributed by atoms with Crippen molar-refractivity contribution < 1.29 is 4.79 Å². The van der Waals surface area contributed by atoms with Crippen LogP contribution >= 0.6 is 0 Å². The average molecular weight is 234 g/mol. The first-order valence-electron chi connectivity index (χ1n) is 6.05. The van der Waals surface area contributed by atoms with Gasteiger partial charge in [0, 0.05) is 18.7 Å². The molecule has 1 aromatic rings. The van der Waals surface area contributed by atoms with Crippen molar-refractivity contribution >= 4 is 5.91 Å². The Kier molecular flexibility index (Phi) is 4.70. The predicted octanol–water partition coefficient (Wildman–Crippen LogP) is 2.31. The van der Waals surface area contributed by atoms with E-state index in [1.54, 1.807) is 6.07 Å². The summed E-state index contributed by atoms with van der Waals surface area (Å²) in [5, 5.41) is 3.38. The average Bonchev–Trinajstić information content (AvgIpc) is 2.29. The molecule has 0 spiro atoms. The second kappa shape index (κ2) is 5.82. The highest BCUT2D eigenvalue weighted by molar-refractivity contribution is 5.94. The van der Waals surface area contributed by atoms with Crippen LogP contribution in [0.3, 0.4) is 0 Å². The van der Waals surface area contributed by atoms with Crippen molar-refractivity contribution in [3.8, 4) is 0 Å². The standard InChI is InChI=1S/C14H22N2O/c1-4-14(2,3)10-16-9-11-7-5-6-8-12(11)13(15)17/h5-8,16H,4,9-10H2,1-3H3,(H2,15,17). The number of primary amides is 1. The van der Waals surface area contributed by atoms with Gasteiger partial charge in [0.15, 0.2) is 0 Å². The van der Waals surface area contributed by atoms with E-state index in [1.165, 1.54) is 0 Å². The molecular formula is C14H22N2O. The number of nitrogens with two attached hydrogens (primary N) is 1. The minimum absolute atomic E-state index is 0.279. The van der Waals surface area contributed by atoms with E-state index >= 15 is 0 Å². The molecule has 0 aromatic heterocycles. The lowest BCUT2D eigenvalue weighted by Gasteiger charge is -2.23. The normalized spacial score (nSPS) is 11.5. The minimum atomic E-state index is -0.364. The van der Waals surface area contributed by atoms with E-state index in [-0.39, 0.29) is 11.3 Å². The molecule has 0 saturated carbocycles. The molecular weight excluding hydrogens is 212 g/mol. The van der Waals surface area contributed by atoms with Crippen molar-refractivity contribution in [3.05, 3.63) is 35.4 Å². The van der Waals surface area contributed by atoms with Gasteiger partial charge in [-0.1, -0.05) is 39.0 Å². The van der Waals surface area contributed by atoms with Crippen molar-refractivity contribution in [1.29, 1.82) is 0 Å². The fourth-order valence-electron chi connectivity index (χ4n) is 1.58. The quantitative estimate of drug-likeness (QED) is 0.793. The maximum Gasteiger partial charge on any atom is 0.249 e. The monoisotopic (exact) mass is 234 g/mol. The molecule has 0 heterocycles. The summed E-state index contributed by atoms with van der Waals surface area (Å²) in [6.45, 7) is 8.23. The van der Waals surface area contributed by atoms with Crippen LogP contribution in [-0.2, 0) is 6.54 Å². The Bertz CT molecular complexity index is 386. The Morgan fingerprint density at radius 3 is 2.59 bits per heavy atom. The maximum absolute atomic E-state index is 11.2. The zero-order valence-corrected chi connectivity index (χ0v) is 10.9. The highest BCUT2D eigenvalue weighted by Gasteiger charge is 2.14. The molecule has 3 N–H and O–H groups in total. The lowest BCUT2D eigenvalue weighted by Crippen LogP contribution is -2.29. The zero-order chi connectivity index (χ0) is 12.9. The molecule has 0 radical (unpaired) electrons. The van der Waals surface area contributed by atoms with Crippen LogP contribution < -0.4 is 11.1 Å². The third-order valence-electron chi connectivity index (χ3n) is 3.16. The summed E-state index contributed by atoms with van der Waals surface area (Å²) in [4.78, 5) is 11.2. The fourth-order valence-corrected chi connectivity index (χ4v) is 1.58. The van der Waals surface area contributed by atoms with Gasteiger partial charge in [-0.15, -0.1) is 0 Å². The number of carbonyl (C=O) groups excluding carboxylic acids is 1. The molecule has 94 valence electrons. The molecule has 1 rings (SSSR count). The van der Waals surface area contributed by atoms with Gasteiger partial charge in [0.1, 0.15) is 0 Å². The van der Waals surface area contributed by atoms with Gasteiger partial charge in [-0.05, 0) is 23.5 Å². The maximum atomic E-state index is 11.2. The third kappa shape index (κ3) is 4.19. The molecule has 0 aliphatic rings. The predicted molar refractivity (Wildman–Crippen MR) is 70.7 cm³/mol. The Morgan fingerprint density at radius 1 is 1.35 bits per heavy atom. The summed E-state index contributed by atoms with van der Waals surface area (Å²) >= 11 is 0. The van der Waals surface area contributed by atoms with Gasteiger partial charge in [0.2, 0.25) is 5.91 Å². The molecule has 3 heteroatoms. The fraction of sp³-hybridized carbons (Fsp3) is 0.500. The van der Waals surface area contributed by atoms with Crippen molar-refractivity contribution in [2.45, 2.75) is 33.7 Å². The summed E-state index contributed by atoms with van der Waals surface area (Å²) in [6.07, 6.45) is 1.12. The van der Waals surface area contributed by atoms with Crippen molar-refractivity contribution in [1.82, 2.24) is 5.32 Å². The van der Waals surface area contributed by atoms with E-state index in [1.807, 2.05) is 18.2 Å². The first-order chi connectivity index (χ1) is 7.96. The highest BCUT2D eigenvalue weighted by atomic mass is 16.1. The third-order valence-corrected chi connectivity index (χ3v) is 3.16. The first-order valence-corrected chi connectivity index (χ1v) is 6.05. The van der Waals surface area contributed by atoms with Crippen LogP contribution in [0, 0.1) is 5.41 Å². The number of hydrogen-bond acceptors (Lipinski definition) is 2. The number of benzene rings is 1. The van der Waals surface area contributed by atoms with Crippen molar-refractivity contribution in [2.75, 3.05) is 6.54 Å². The molecule has 1 amide bonds. The second-order valence-electron chi connectivity index (χ2n) is 5.14. The molecule has 0 fully saturated rings. The Morgan fingerprint density at radius 2 is 2.00 bits per heavy atom. The van der Waals surface area contributed by atoms with Gasteiger partial charge in [0.05, 0.1) is 0 Å². The number of carbonyl (C=O) groups is 1. The summed E-state index contributed by atoms with van der Waals surface area (Å²) < 4.78 is 0. The lowest BCUT2D eigenvalue weighted by atomic mass is 9.90. The number of amides is 1. The highest BCUT2D eigenvalue weighted by Crippen LogP contribution is 2.18. The van der Waals surface area contributed by atoms with E-state index in [9.17, 15) is 4.79 Å². The van der Waals surface area contributed by atoms with E-state index in [4.69, 9.17) is 5.73 Å². The first kappa shape index (κ1) is 13.7. The van der Waals surface area contributed by atoms with Gasteiger partial charge in [-0.3, -0.25) is 4.79 Å². The Hall–Kier alpha value is -1.35. The summed E-state index contributed by atoms with van der Waals surface area (Å²) in [5.74, 6) is -0.364. The van der Waals surface area contributed by atoms with Crippen LogP contribution in [0.4, 0.5) is 0 Å². The molecule has 1 aromatic carbocycles. The van der Waals surface area contributed by atoms with Gasteiger partial charge >= 0.3 is 0 Å². The number of hydrogen-bond donors (Lipinski definition) is 2. The van der Waals surface area contributed by atoms with Crippen LogP contribution in [-0.4, -0.2) is 12.5 Å². The summed E-state index contributed by atoms with van der Waals surface area (Å²) in [7, 11) is 0. The van der Waals surface area contributed by atoms with Crippen molar-refractivity contribution in [2.24, 2.45) is 11.1 Å². The largest absolute Gasteiger partial charge is 0.366 e.